The molecule has 0 aliphatic heterocycles. The average Bonchev–Trinajstić information content (AvgIpc) is 3.22. The number of benzene rings is 2. The molecule has 4 N–H and O–H groups in total. The van der Waals surface area contributed by atoms with Gasteiger partial charge in [-0.05, 0) is 37.3 Å². The van der Waals surface area contributed by atoms with Gasteiger partial charge in [-0.3, -0.25) is 9.36 Å². The van der Waals surface area contributed by atoms with E-state index in [2.05, 4.69) is 35.8 Å². The molecule has 0 spiro atoms. The monoisotopic (exact) mass is 447 g/mol. The largest absolute Gasteiger partial charge is 0.368 e. The molecular formula is C21H21N9OS. The van der Waals surface area contributed by atoms with Crippen LogP contribution in [0.25, 0.3) is 5.69 Å². The fourth-order valence-electron chi connectivity index (χ4n) is 2.89. The van der Waals surface area contributed by atoms with E-state index in [-0.39, 0.29) is 11.9 Å². The molecule has 0 aliphatic carbocycles. The summed E-state index contributed by atoms with van der Waals surface area (Å²) in [6.07, 6.45) is 1.61. The lowest BCUT2D eigenvalue weighted by atomic mass is 10.2. The number of thioether (sulfide) groups is 1. The molecule has 10 nitrogen and oxygen atoms in total. The normalized spacial score (nSPS) is 10.7. The number of rotatable bonds is 7. The third-order valence-corrected chi connectivity index (χ3v) is 5.24. The molecule has 0 saturated heterocycles. The van der Waals surface area contributed by atoms with Crippen LogP contribution >= 0.6 is 11.8 Å². The average molecular weight is 448 g/mol. The van der Waals surface area contributed by atoms with E-state index >= 15 is 0 Å². The zero-order valence-corrected chi connectivity index (χ0v) is 18.3. The van der Waals surface area contributed by atoms with E-state index in [0.29, 0.717) is 28.4 Å². The summed E-state index contributed by atoms with van der Waals surface area (Å²) < 4.78 is 1.83. The van der Waals surface area contributed by atoms with Gasteiger partial charge in [0.15, 0.2) is 5.16 Å². The summed E-state index contributed by atoms with van der Waals surface area (Å²) in [4.78, 5) is 24.2. The van der Waals surface area contributed by atoms with Crippen molar-refractivity contribution in [1.29, 1.82) is 0 Å². The van der Waals surface area contributed by atoms with E-state index in [4.69, 9.17) is 5.73 Å². The Morgan fingerprint density at radius 2 is 1.91 bits per heavy atom. The Labute approximate surface area is 188 Å². The zero-order chi connectivity index (χ0) is 22.5. The van der Waals surface area contributed by atoms with Crippen LogP contribution in [0.2, 0.25) is 0 Å². The van der Waals surface area contributed by atoms with Crippen LogP contribution < -0.4 is 16.4 Å². The number of carbonyl (C=O) groups excluding carboxylic acids is 1. The molecular weight excluding hydrogens is 426 g/mol. The van der Waals surface area contributed by atoms with Crippen LogP contribution in [-0.4, -0.2) is 35.6 Å². The summed E-state index contributed by atoms with van der Waals surface area (Å²) >= 11 is 1.41. The van der Waals surface area contributed by atoms with Crippen molar-refractivity contribution >= 4 is 40.9 Å². The van der Waals surface area contributed by atoms with Crippen LogP contribution in [-0.2, 0) is 10.5 Å². The Balaban J connectivity index is 1.49. The number of carbonyl (C=O) groups is 1. The van der Waals surface area contributed by atoms with Crippen molar-refractivity contribution in [2.24, 2.45) is 0 Å². The first-order valence-electron chi connectivity index (χ1n) is 9.71. The third-order valence-electron chi connectivity index (χ3n) is 4.30. The van der Waals surface area contributed by atoms with Gasteiger partial charge in [0.1, 0.15) is 12.2 Å². The number of hydrogen-bond acceptors (Lipinski definition) is 9. The van der Waals surface area contributed by atoms with Gasteiger partial charge in [0.05, 0.1) is 11.4 Å². The molecule has 0 atom stereocenters. The molecule has 4 aromatic rings. The lowest BCUT2D eigenvalue weighted by Gasteiger charge is -2.09. The van der Waals surface area contributed by atoms with Gasteiger partial charge in [-0.1, -0.05) is 35.5 Å². The van der Waals surface area contributed by atoms with E-state index in [0.717, 1.165) is 16.9 Å². The van der Waals surface area contributed by atoms with Gasteiger partial charge in [-0.25, -0.2) is 0 Å². The molecule has 2 aromatic carbocycles. The van der Waals surface area contributed by atoms with Crippen LogP contribution in [0, 0.1) is 6.92 Å². The molecule has 1 amide bonds. The quantitative estimate of drug-likeness (QED) is 0.364. The highest BCUT2D eigenvalue weighted by atomic mass is 32.2. The molecule has 11 heteroatoms. The Morgan fingerprint density at radius 1 is 1.09 bits per heavy atom. The molecule has 0 bridgehead atoms. The highest BCUT2D eigenvalue weighted by molar-refractivity contribution is 7.98. The summed E-state index contributed by atoms with van der Waals surface area (Å²) in [7, 11) is 0. The summed E-state index contributed by atoms with van der Waals surface area (Å²) in [5.41, 5.74) is 9.42. The zero-order valence-electron chi connectivity index (χ0n) is 17.5. The standard InChI is InChI=1S/C21H21N9OS/c1-13-6-8-15(9-7-13)25-20-27-18(26-19(22)28-20)11-32-21-29-23-12-30(21)17-5-3-4-16(10-17)24-14(2)31/h3-10,12H,11H2,1-2H3,(H,24,31)(H3,22,25,26,27,28). The maximum Gasteiger partial charge on any atom is 0.232 e. The topological polar surface area (TPSA) is 137 Å². The predicted molar refractivity (Wildman–Crippen MR) is 124 cm³/mol. The highest BCUT2D eigenvalue weighted by Gasteiger charge is 2.11. The first-order valence-corrected chi connectivity index (χ1v) is 10.7. The van der Waals surface area contributed by atoms with Crippen molar-refractivity contribution < 1.29 is 4.79 Å². The Morgan fingerprint density at radius 3 is 2.69 bits per heavy atom. The SMILES string of the molecule is CC(=O)Nc1cccc(-n2cnnc2SCc2nc(N)nc(Nc3ccc(C)cc3)n2)c1. The van der Waals surface area contributed by atoms with Gasteiger partial charge in [-0.15, -0.1) is 10.2 Å². The number of anilines is 4. The molecule has 0 radical (unpaired) electrons. The van der Waals surface area contributed by atoms with Gasteiger partial charge in [0.2, 0.25) is 17.8 Å². The Bertz CT molecular complexity index is 1240. The highest BCUT2D eigenvalue weighted by Crippen LogP contribution is 2.24. The molecule has 32 heavy (non-hydrogen) atoms. The van der Waals surface area contributed by atoms with E-state index < -0.39 is 0 Å². The van der Waals surface area contributed by atoms with Gasteiger partial charge in [-0.2, -0.15) is 15.0 Å². The van der Waals surface area contributed by atoms with E-state index in [1.165, 1.54) is 18.7 Å². The molecule has 4 rings (SSSR count). The van der Waals surface area contributed by atoms with Crippen molar-refractivity contribution in [1.82, 2.24) is 29.7 Å². The molecule has 0 saturated carbocycles. The molecule has 2 aromatic heterocycles. The predicted octanol–water partition coefficient (Wildman–Crippen LogP) is 3.34. The second kappa shape index (κ2) is 9.43. The van der Waals surface area contributed by atoms with Crippen molar-refractivity contribution in [3.63, 3.8) is 0 Å². The first-order chi connectivity index (χ1) is 15.5. The number of amides is 1. The minimum Gasteiger partial charge on any atom is -0.368 e. The fourth-order valence-corrected chi connectivity index (χ4v) is 3.67. The summed E-state index contributed by atoms with van der Waals surface area (Å²) in [6, 6.07) is 15.3. The Hall–Kier alpha value is -3.99. The number of nitrogens with two attached hydrogens (primary N) is 1. The number of aryl methyl sites for hydroxylation is 1. The maximum absolute atomic E-state index is 11.3. The van der Waals surface area contributed by atoms with Gasteiger partial charge in [0, 0.05) is 18.3 Å². The lowest BCUT2D eigenvalue weighted by molar-refractivity contribution is -0.114. The fraction of sp³-hybridized carbons (Fsp3) is 0.143. The van der Waals surface area contributed by atoms with Crippen LogP contribution in [0.1, 0.15) is 18.3 Å². The first kappa shape index (κ1) is 21.2. The van der Waals surface area contributed by atoms with Gasteiger partial charge >= 0.3 is 0 Å². The molecule has 2 heterocycles. The van der Waals surface area contributed by atoms with Crippen LogP contribution in [0.3, 0.4) is 0 Å². The number of nitrogen functional groups attached to an aromatic ring is 1. The van der Waals surface area contributed by atoms with E-state index in [1.807, 2.05) is 60.0 Å². The number of hydrogen-bond donors (Lipinski definition) is 3. The third kappa shape index (κ3) is 5.38. The second-order valence-corrected chi connectivity index (χ2v) is 7.87. The number of nitrogens with zero attached hydrogens (tertiary/aromatic N) is 6. The molecule has 162 valence electrons. The van der Waals surface area contributed by atoms with Crippen molar-refractivity contribution in [2.45, 2.75) is 24.8 Å². The second-order valence-electron chi connectivity index (χ2n) is 6.93. The van der Waals surface area contributed by atoms with Crippen LogP contribution in [0.15, 0.2) is 60.0 Å². The lowest BCUT2D eigenvalue weighted by Crippen LogP contribution is -2.07. The summed E-state index contributed by atoms with van der Waals surface area (Å²) in [5.74, 6) is 1.30. The summed E-state index contributed by atoms with van der Waals surface area (Å²) in [5, 5.41) is 14.8. The molecule has 0 unspecified atom stereocenters. The summed E-state index contributed by atoms with van der Waals surface area (Å²) in [6.45, 7) is 3.49. The van der Waals surface area contributed by atoms with Crippen molar-refractivity contribution in [3.8, 4) is 5.69 Å². The van der Waals surface area contributed by atoms with Crippen LogP contribution in [0.5, 0.6) is 0 Å². The van der Waals surface area contributed by atoms with Gasteiger partial charge in [0.25, 0.3) is 0 Å². The van der Waals surface area contributed by atoms with E-state index in [9.17, 15) is 4.79 Å². The van der Waals surface area contributed by atoms with Crippen molar-refractivity contribution in [2.75, 3.05) is 16.4 Å². The minimum absolute atomic E-state index is 0.134. The number of nitrogens with one attached hydrogen (secondary N) is 2. The molecule has 0 fully saturated rings. The number of aromatic nitrogens is 6. The Kier molecular flexibility index (Phi) is 6.26. The van der Waals surface area contributed by atoms with Crippen LogP contribution in [0.4, 0.5) is 23.3 Å². The minimum atomic E-state index is -0.136. The maximum atomic E-state index is 11.3. The van der Waals surface area contributed by atoms with Crippen molar-refractivity contribution in [3.05, 3.63) is 66.2 Å². The van der Waals surface area contributed by atoms with Gasteiger partial charge < -0.3 is 16.4 Å². The smallest absolute Gasteiger partial charge is 0.232 e. The van der Waals surface area contributed by atoms with E-state index in [1.54, 1.807) is 6.33 Å². The molecule has 0 aliphatic rings.